The molecule has 1 aromatic heterocycles. The normalized spacial score (nSPS) is 10.9. The van der Waals surface area contributed by atoms with Gasteiger partial charge in [0.15, 0.2) is 0 Å². The van der Waals surface area contributed by atoms with E-state index in [4.69, 9.17) is 11.6 Å². The highest BCUT2D eigenvalue weighted by Crippen LogP contribution is 2.21. The minimum absolute atomic E-state index is 0.261. The van der Waals surface area contributed by atoms with Gasteiger partial charge in [-0.2, -0.15) is 0 Å². The molecule has 2 aromatic carbocycles. The summed E-state index contributed by atoms with van der Waals surface area (Å²) in [6.45, 7) is 0.373. The van der Waals surface area contributed by atoms with Gasteiger partial charge in [0.25, 0.3) is 0 Å². The maximum Gasteiger partial charge on any atom is 0.341 e. The lowest BCUT2D eigenvalue weighted by Gasteiger charge is -2.13. The minimum Gasteiger partial charge on any atom is -0.477 e. The molecule has 1 N–H and O–H groups in total. The number of benzene rings is 2. The fraction of sp³-hybridized carbons (Fsp3) is 0.0588. The van der Waals surface area contributed by atoms with E-state index >= 15 is 0 Å². The van der Waals surface area contributed by atoms with Crippen molar-refractivity contribution in [1.29, 1.82) is 0 Å². The summed E-state index contributed by atoms with van der Waals surface area (Å²) in [5.74, 6) is -1.25. The summed E-state index contributed by atoms with van der Waals surface area (Å²) in [7, 11) is 0. The van der Waals surface area contributed by atoms with Gasteiger partial charge in [0, 0.05) is 27.6 Å². The number of carbonyl (C=O) groups is 1. The molecule has 6 heteroatoms. The molecule has 4 nitrogen and oxygen atoms in total. The first-order valence-corrected chi connectivity index (χ1v) is 7.94. The number of carboxylic acids is 1. The van der Waals surface area contributed by atoms with E-state index < -0.39 is 11.4 Å². The Balaban J connectivity index is 2.27. The van der Waals surface area contributed by atoms with Gasteiger partial charge >= 0.3 is 5.97 Å². The molecule has 116 valence electrons. The van der Waals surface area contributed by atoms with Crippen molar-refractivity contribution in [3.05, 3.63) is 79.5 Å². The molecule has 0 bridgehead atoms. The zero-order valence-corrected chi connectivity index (χ0v) is 14.1. The largest absolute Gasteiger partial charge is 0.477 e. The van der Waals surface area contributed by atoms with Gasteiger partial charge in [-0.05, 0) is 29.8 Å². The average molecular weight is 393 g/mol. The number of hydrogen-bond donors (Lipinski definition) is 1. The molecule has 0 radical (unpaired) electrons. The molecule has 0 atom stereocenters. The number of halogens is 2. The highest BCUT2D eigenvalue weighted by molar-refractivity contribution is 9.10. The van der Waals surface area contributed by atoms with Crippen molar-refractivity contribution in [3.8, 4) is 0 Å². The van der Waals surface area contributed by atoms with Gasteiger partial charge in [0.1, 0.15) is 5.56 Å². The summed E-state index contributed by atoms with van der Waals surface area (Å²) in [4.78, 5) is 23.7. The number of hydrogen-bond acceptors (Lipinski definition) is 2. The SMILES string of the molecule is O=C(O)c1cn(Cc2ccccc2Cl)c2ccc(Br)cc2c1=O. The minimum atomic E-state index is -1.25. The maximum absolute atomic E-state index is 12.4. The zero-order valence-electron chi connectivity index (χ0n) is 11.8. The van der Waals surface area contributed by atoms with Crippen LogP contribution in [-0.2, 0) is 6.54 Å². The van der Waals surface area contributed by atoms with E-state index in [9.17, 15) is 14.7 Å². The highest BCUT2D eigenvalue weighted by Gasteiger charge is 2.15. The first-order valence-electron chi connectivity index (χ1n) is 6.77. The molecule has 0 fully saturated rings. The molecule has 0 aliphatic carbocycles. The molecule has 0 saturated heterocycles. The summed E-state index contributed by atoms with van der Waals surface area (Å²) >= 11 is 9.50. The molecule has 0 aliphatic rings. The molecule has 0 aliphatic heterocycles. The molecule has 3 aromatic rings. The second-order valence-electron chi connectivity index (χ2n) is 5.06. The molecule has 1 heterocycles. The van der Waals surface area contributed by atoms with Crippen molar-refractivity contribution in [1.82, 2.24) is 4.57 Å². The van der Waals surface area contributed by atoms with Crippen LogP contribution in [0.15, 0.2) is 57.9 Å². The smallest absolute Gasteiger partial charge is 0.341 e. The quantitative estimate of drug-likeness (QED) is 0.728. The topological polar surface area (TPSA) is 59.3 Å². The number of rotatable bonds is 3. The Hall–Kier alpha value is -2.11. The van der Waals surface area contributed by atoms with Crippen molar-refractivity contribution in [2.75, 3.05) is 0 Å². The van der Waals surface area contributed by atoms with Gasteiger partial charge in [-0.3, -0.25) is 4.79 Å². The summed E-state index contributed by atoms with van der Waals surface area (Å²) in [6.07, 6.45) is 1.37. The Bertz CT molecular complexity index is 981. The number of aromatic carboxylic acids is 1. The number of aromatic nitrogens is 1. The molecular formula is C17H11BrClNO3. The van der Waals surface area contributed by atoms with Crippen LogP contribution in [0.25, 0.3) is 10.9 Å². The van der Waals surface area contributed by atoms with Crippen LogP contribution in [0.2, 0.25) is 5.02 Å². The third-order valence-corrected chi connectivity index (χ3v) is 4.43. The summed E-state index contributed by atoms with van der Waals surface area (Å²) < 4.78 is 2.45. The van der Waals surface area contributed by atoms with Crippen LogP contribution in [0.3, 0.4) is 0 Å². The van der Waals surface area contributed by atoms with E-state index in [1.54, 1.807) is 22.8 Å². The van der Waals surface area contributed by atoms with Crippen LogP contribution >= 0.6 is 27.5 Å². The predicted molar refractivity (Wildman–Crippen MR) is 93.4 cm³/mol. The van der Waals surface area contributed by atoms with Crippen LogP contribution in [0.1, 0.15) is 15.9 Å². The second kappa shape index (κ2) is 6.18. The molecule has 0 saturated carbocycles. The number of fused-ring (bicyclic) bond motifs is 1. The van der Waals surface area contributed by atoms with Gasteiger partial charge in [0.05, 0.1) is 5.52 Å². The van der Waals surface area contributed by atoms with Crippen molar-refractivity contribution >= 4 is 44.4 Å². The van der Waals surface area contributed by atoms with Crippen molar-refractivity contribution in [2.24, 2.45) is 0 Å². The molecule has 23 heavy (non-hydrogen) atoms. The third kappa shape index (κ3) is 3.02. The van der Waals surface area contributed by atoms with E-state index in [1.807, 2.05) is 24.3 Å². The van der Waals surface area contributed by atoms with Gasteiger partial charge in [-0.15, -0.1) is 0 Å². The second-order valence-corrected chi connectivity index (χ2v) is 6.38. The summed E-state index contributed by atoms with van der Waals surface area (Å²) in [5, 5.41) is 10.2. The number of carboxylic acid groups (broad SMARTS) is 1. The first-order chi connectivity index (χ1) is 11.0. The van der Waals surface area contributed by atoms with E-state index in [0.717, 1.165) is 5.56 Å². The van der Waals surface area contributed by atoms with E-state index in [2.05, 4.69) is 15.9 Å². The van der Waals surface area contributed by atoms with Crippen LogP contribution in [0.4, 0.5) is 0 Å². The number of pyridine rings is 1. The monoisotopic (exact) mass is 391 g/mol. The van der Waals surface area contributed by atoms with E-state index in [-0.39, 0.29) is 5.56 Å². The van der Waals surface area contributed by atoms with Crippen molar-refractivity contribution in [2.45, 2.75) is 6.54 Å². The van der Waals surface area contributed by atoms with Crippen LogP contribution in [-0.4, -0.2) is 15.6 Å². The van der Waals surface area contributed by atoms with Gasteiger partial charge in [-0.25, -0.2) is 4.79 Å². The summed E-state index contributed by atoms with van der Waals surface area (Å²) in [6, 6.07) is 12.6. The fourth-order valence-corrected chi connectivity index (χ4v) is 3.02. The lowest BCUT2D eigenvalue weighted by atomic mass is 10.1. The van der Waals surface area contributed by atoms with E-state index in [0.29, 0.717) is 26.9 Å². The zero-order chi connectivity index (χ0) is 16.6. The molecular weight excluding hydrogens is 382 g/mol. The molecule has 0 unspecified atom stereocenters. The van der Waals surface area contributed by atoms with Crippen LogP contribution in [0, 0.1) is 0 Å². The molecule has 0 spiro atoms. The van der Waals surface area contributed by atoms with Crippen molar-refractivity contribution < 1.29 is 9.90 Å². The lowest BCUT2D eigenvalue weighted by Crippen LogP contribution is -2.19. The van der Waals surface area contributed by atoms with Gasteiger partial charge in [0.2, 0.25) is 5.43 Å². The Morgan fingerprint density at radius 1 is 1.22 bits per heavy atom. The first kappa shape index (κ1) is 15.8. The predicted octanol–water partition coefficient (Wildman–Crippen LogP) is 4.16. The Kier molecular flexibility index (Phi) is 4.24. The van der Waals surface area contributed by atoms with Crippen LogP contribution < -0.4 is 5.43 Å². The standard InChI is InChI=1S/C17H11BrClNO3/c18-11-5-6-15-12(7-11)16(21)13(17(22)23)9-20(15)8-10-3-1-2-4-14(10)19/h1-7,9H,8H2,(H,22,23). The Morgan fingerprint density at radius 3 is 2.65 bits per heavy atom. The van der Waals surface area contributed by atoms with Gasteiger partial charge in [-0.1, -0.05) is 45.7 Å². The summed E-state index contributed by atoms with van der Waals surface area (Å²) in [5.41, 5.74) is 0.744. The third-order valence-electron chi connectivity index (χ3n) is 3.57. The van der Waals surface area contributed by atoms with E-state index in [1.165, 1.54) is 6.20 Å². The highest BCUT2D eigenvalue weighted by atomic mass is 79.9. The maximum atomic E-state index is 12.4. The van der Waals surface area contributed by atoms with Gasteiger partial charge < -0.3 is 9.67 Å². The fourth-order valence-electron chi connectivity index (χ4n) is 2.46. The lowest BCUT2D eigenvalue weighted by molar-refractivity contribution is 0.0695. The molecule has 0 amide bonds. The van der Waals surface area contributed by atoms with Crippen LogP contribution in [0.5, 0.6) is 0 Å². The van der Waals surface area contributed by atoms with Crippen molar-refractivity contribution in [3.63, 3.8) is 0 Å². The Morgan fingerprint density at radius 2 is 1.96 bits per heavy atom. The average Bonchev–Trinajstić information content (AvgIpc) is 2.52. The number of nitrogens with zero attached hydrogens (tertiary/aromatic N) is 1. The Labute approximate surface area is 145 Å². The molecule has 3 rings (SSSR count).